The van der Waals surface area contributed by atoms with Gasteiger partial charge < -0.3 is 4.98 Å². The molecule has 3 aromatic rings. The van der Waals surface area contributed by atoms with Crippen LogP contribution in [0.3, 0.4) is 0 Å². The molecule has 0 amide bonds. The second-order valence-electron chi connectivity index (χ2n) is 5.38. The molecule has 0 radical (unpaired) electrons. The van der Waals surface area contributed by atoms with Gasteiger partial charge in [0.25, 0.3) is 0 Å². The highest BCUT2D eigenvalue weighted by Crippen LogP contribution is 2.37. The lowest BCUT2D eigenvalue weighted by Crippen LogP contribution is -1.77. The molecule has 1 aliphatic carbocycles. The predicted octanol–water partition coefficient (Wildman–Crippen LogP) is 5.52. The van der Waals surface area contributed by atoms with Gasteiger partial charge in [0.1, 0.15) is 0 Å². The number of benzene rings is 1. The molecule has 0 aliphatic heterocycles. The molecule has 1 aromatic carbocycles. The minimum absolute atomic E-state index is 0.953. The molecule has 0 bridgehead atoms. The number of allylic oxidation sites excluding steroid dienone is 4. The molecule has 1 nitrogen and oxygen atoms in total. The Hall–Kier alpha value is -2.50. The number of rotatable bonds is 1. The number of fused-ring (bicyclic) bond motifs is 4. The second kappa shape index (κ2) is 5.05. The van der Waals surface area contributed by atoms with Gasteiger partial charge in [0, 0.05) is 32.3 Å². The highest BCUT2D eigenvalue weighted by Gasteiger charge is 2.14. The average Bonchev–Trinajstić information content (AvgIpc) is 2.92. The van der Waals surface area contributed by atoms with Crippen molar-refractivity contribution >= 4 is 44.5 Å². The lowest BCUT2D eigenvalue weighted by Gasteiger charge is -1.96. The Morgan fingerprint density at radius 1 is 1.27 bits per heavy atom. The highest BCUT2D eigenvalue weighted by atomic mass is 32.1. The number of nitrogens with one attached hydrogen (secondary N) is 1. The summed E-state index contributed by atoms with van der Waals surface area (Å²) < 4.78 is 1.31. The molecule has 106 valence electrons. The lowest BCUT2D eigenvalue weighted by atomic mass is 10.1. The Kier molecular flexibility index (Phi) is 3.03. The zero-order valence-electron chi connectivity index (χ0n) is 12.3. The van der Waals surface area contributed by atoms with E-state index >= 15 is 0 Å². The number of hydrogen-bond acceptors (Lipinski definition) is 1. The first-order chi connectivity index (χ1) is 10.8. The van der Waals surface area contributed by atoms with Gasteiger partial charge in [-0.2, -0.15) is 0 Å². The molecule has 2 heteroatoms. The zero-order valence-corrected chi connectivity index (χ0v) is 13.1. The molecule has 1 N–H and O–H groups in total. The van der Waals surface area contributed by atoms with Crippen molar-refractivity contribution in [2.24, 2.45) is 0 Å². The topological polar surface area (TPSA) is 15.8 Å². The number of hydrogen-bond donors (Lipinski definition) is 1. The first-order valence-electron chi connectivity index (χ1n) is 7.35. The van der Waals surface area contributed by atoms with Crippen molar-refractivity contribution in [3.8, 4) is 12.3 Å². The number of aromatic nitrogens is 1. The minimum atomic E-state index is 0.953. The van der Waals surface area contributed by atoms with E-state index in [1.807, 2.05) is 30.4 Å². The van der Waals surface area contributed by atoms with Gasteiger partial charge in [-0.3, -0.25) is 0 Å². The first kappa shape index (κ1) is 13.2. The van der Waals surface area contributed by atoms with Crippen LogP contribution in [0.5, 0.6) is 0 Å². The number of H-pyrrole nitrogens is 1. The fraction of sp³-hybridized carbons (Fsp3) is 0.100. The SMILES string of the molecule is C#Cc1c(/C=C\C)[nH]c2cc3c4c(sc3cc12)CC=CC=C4. The summed E-state index contributed by atoms with van der Waals surface area (Å²) in [5.74, 6) is 2.84. The molecule has 4 rings (SSSR count). The summed E-state index contributed by atoms with van der Waals surface area (Å²) >= 11 is 1.87. The summed E-state index contributed by atoms with van der Waals surface area (Å²) in [6.45, 7) is 2.00. The minimum Gasteiger partial charge on any atom is -0.354 e. The molecular weight excluding hydrogens is 286 g/mol. The van der Waals surface area contributed by atoms with Crippen LogP contribution in [0.15, 0.2) is 36.4 Å². The highest BCUT2D eigenvalue weighted by molar-refractivity contribution is 7.19. The molecule has 0 saturated carbocycles. The van der Waals surface area contributed by atoms with E-state index in [2.05, 4.69) is 47.3 Å². The average molecular weight is 301 g/mol. The van der Waals surface area contributed by atoms with E-state index in [0.29, 0.717) is 0 Å². The maximum absolute atomic E-state index is 5.73. The summed E-state index contributed by atoms with van der Waals surface area (Å²) in [7, 11) is 0. The summed E-state index contributed by atoms with van der Waals surface area (Å²) in [5.41, 5.74) is 4.42. The fourth-order valence-electron chi connectivity index (χ4n) is 3.06. The monoisotopic (exact) mass is 301 g/mol. The van der Waals surface area contributed by atoms with E-state index in [1.165, 1.54) is 20.5 Å². The first-order valence-corrected chi connectivity index (χ1v) is 8.17. The van der Waals surface area contributed by atoms with Gasteiger partial charge in [-0.1, -0.05) is 36.3 Å². The van der Waals surface area contributed by atoms with Gasteiger partial charge in [-0.25, -0.2) is 0 Å². The maximum atomic E-state index is 5.73. The van der Waals surface area contributed by atoms with Crippen LogP contribution in [-0.4, -0.2) is 4.98 Å². The Morgan fingerprint density at radius 3 is 3.00 bits per heavy atom. The van der Waals surface area contributed by atoms with Gasteiger partial charge >= 0.3 is 0 Å². The summed E-state index contributed by atoms with van der Waals surface area (Å²) in [6.07, 6.45) is 19.4. The van der Waals surface area contributed by atoms with Crippen LogP contribution in [-0.2, 0) is 6.42 Å². The predicted molar refractivity (Wildman–Crippen MR) is 98.2 cm³/mol. The molecule has 0 spiro atoms. The van der Waals surface area contributed by atoms with Crippen molar-refractivity contribution < 1.29 is 0 Å². The summed E-state index contributed by atoms with van der Waals surface area (Å²) in [6, 6.07) is 4.48. The molecule has 2 aromatic heterocycles. The van der Waals surface area contributed by atoms with Gasteiger partial charge in [-0.05, 0) is 30.7 Å². The number of terminal acetylenes is 1. The van der Waals surface area contributed by atoms with E-state index in [9.17, 15) is 0 Å². The Morgan fingerprint density at radius 2 is 2.18 bits per heavy atom. The van der Waals surface area contributed by atoms with Gasteiger partial charge in [-0.15, -0.1) is 17.8 Å². The van der Waals surface area contributed by atoms with Crippen molar-refractivity contribution in [2.75, 3.05) is 0 Å². The van der Waals surface area contributed by atoms with Gasteiger partial charge in [0.2, 0.25) is 0 Å². The van der Waals surface area contributed by atoms with Crippen LogP contribution in [0, 0.1) is 12.3 Å². The van der Waals surface area contributed by atoms with Crippen LogP contribution in [0.4, 0.5) is 0 Å². The smallest absolute Gasteiger partial charge is 0.0571 e. The molecule has 0 fully saturated rings. The molecular formula is C20H15NS. The molecule has 0 atom stereocenters. The largest absolute Gasteiger partial charge is 0.354 e. The lowest BCUT2D eigenvalue weighted by molar-refractivity contribution is 1.35. The maximum Gasteiger partial charge on any atom is 0.0571 e. The van der Waals surface area contributed by atoms with Crippen LogP contribution in [0.2, 0.25) is 0 Å². The van der Waals surface area contributed by atoms with E-state index in [-0.39, 0.29) is 0 Å². The van der Waals surface area contributed by atoms with Crippen molar-refractivity contribution in [2.45, 2.75) is 13.3 Å². The van der Waals surface area contributed by atoms with Gasteiger partial charge in [0.15, 0.2) is 0 Å². The standard InChI is InChI=1S/C20H15NS/c1-3-8-17-13(4-2)15-12-20-16(11-18(15)21-17)14-9-6-5-7-10-19(14)22-20/h2-3,5-9,11-12,21H,10H2,1H3/b8-3-. The third-order valence-corrected chi connectivity index (χ3v) is 5.23. The third-order valence-electron chi connectivity index (χ3n) is 4.04. The zero-order chi connectivity index (χ0) is 15.1. The Labute approximate surface area is 133 Å². The van der Waals surface area contributed by atoms with Crippen LogP contribution >= 0.6 is 11.3 Å². The Balaban J connectivity index is 2.06. The van der Waals surface area contributed by atoms with E-state index in [0.717, 1.165) is 28.6 Å². The molecule has 0 unspecified atom stereocenters. The molecule has 2 heterocycles. The molecule has 22 heavy (non-hydrogen) atoms. The van der Waals surface area contributed by atoms with Gasteiger partial charge in [0.05, 0.1) is 11.3 Å². The van der Waals surface area contributed by atoms with Crippen molar-refractivity contribution in [1.82, 2.24) is 4.98 Å². The summed E-state index contributed by atoms with van der Waals surface area (Å²) in [4.78, 5) is 4.88. The van der Waals surface area contributed by atoms with E-state index in [1.54, 1.807) is 0 Å². The van der Waals surface area contributed by atoms with Crippen molar-refractivity contribution in [3.63, 3.8) is 0 Å². The molecule has 1 aliphatic rings. The Bertz CT molecular complexity index is 1020. The number of aromatic amines is 1. The second-order valence-corrected chi connectivity index (χ2v) is 6.52. The normalized spacial score (nSPS) is 13.8. The van der Waals surface area contributed by atoms with Crippen molar-refractivity contribution in [3.05, 3.63) is 58.1 Å². The van der Waals surface area contributed by atoms with Crippen LogP contribution < -0.4 is 0 Å². The van der Waals surface area contributed by atoms with E-state index < -0.39 is 0 Å². The quantitative estimate of drug-likeness (QED) is 0.569. The fourth-order valence-corrected chi connectivity index (χ4v) is 4.25. The number of thiophene rings is 1. The van der Waals surface area contributed by atoms with Crippen molar-refractivity contribution in [1.29, 1.82) is 0 Å². The van der Waals surface area contributed by atoms with E-state index in [4.69, 9.17) is 6.42 Å². The summed E-state index contributed by atoms with van der Waals surface area (Å²) in [5, 5.41) is 2.45. The van der Waals surface area contributed by atoms with Crippen LogP contribution in [0.1, 0.15) is 28.6 Å². The molecule has 0 saturated heterocycles. The third kappa shape index (κ3) is 1.87. The van der Waals surface area contributed by atoms with Crippen LogP contribution in [0.25, 0.3) is 33.1 Å².